The van der Waals surface area contributed by atoms with Crippen molar-refractivity contribution in [2.45, 2.75) is 6.92 Å². The topological polar surface area (TPSA) is 32.0 Å². The average molecular weight is 799 g/mol. The summed E-state index contributed by atoms with van der Waals surface area (Å²) in [6, 6.07) is 55.8. The van der Waals surface area contributed by atoms with Crippen molar-refractivity contribution in [2.75, 3.05) is 7.11 Å². The fourth-order valence-corrected chi connectivity index (χ4v) is 7.06. The first-order chi connectivity index (χ1) is 23.2. The van der Waals surface area contributed by atoms with E-state index in [9.17, 15) is 0 Å². The van der Waals surface area contributed by atoms with Crippen LogP contribution in [0.4, 0.5) is 0 Å². The molecule has 0 N–H and O–H groups in total. The molecule has 0 unspecified atom stereocenters. The largest absolute Gasteiger partial charge is 2.00 e. The molecule has 0 aliphatic heterocycles. The minimum atomic E-state index is 0. The number of fused-ring (bicyclic) bond motifs is 6. The predicted molar refractivity (Wildman–Crippen MR) is 193 cm³/mol. The number of para-hydroxylation sites is 3. The van der Waals surface area contributed by atoms with Gasteiger partial charge in [0.05, 0.1) is 18.1 Å². The van der Waals surface area contributed by atoms with Gasteiger partial charge in [-0.25, -0.2) is 4.98 Å². The smallest absolute Gasteiger partial charge is 0.497 e. The molecule has 5 heteroatoms. The molecule has 3 heterocycles. The Balaban J connectivity index is 0.00000336. The molecule has 0 fully saturated rings. The molecule has 0 amide bonds. The van der Waals surface area contributed by atoms with E-state index in [4.69, 9.17) is 9.72 Å². The monoisotopic (exact) mass is 798 g/mol. The Morgan fingerprint density at radius 2 is 1.21 bits per heavy atom. The van der Waals surface area contributed by atoms with Crippen molar-refractivity contribution in [3.8, 4) is 39.4 Å². The molecule has 3 aromatic heterocycles. The fraction of sp³-hybridized carbons (Fsp3) is 0.0465. The molecule has 48 heavy (non-hydrogen) atoms. The predicted octanol–water partition coefficient (Wildman–Crippen LogP) is 10.5. The minimum absolute atomic E-state index is 0. The number of methoxy groups -OCH3 is 1. The van der Waals surface area contributed by atoms with E-state index in [1.807, 2.05) is 24.3 Å². The Morgan fingerprint density at radius 1 is 0.604 bits per heavy atom. The van der Waals surface area contributed by atoms with Crippen LogP contribution in [0.3, 0.4) is 0 Å². The summed E-state index contributed by atoms with van der Waals surface area (Å²) in [5.74, 6) is 0.821. The van der Waals surface area contributed by atoms with E-state index >= 15 is 0 Å². The first-order valence-electron chi connectivity index (χ1n) is 15.8. The van der Waals surface area contributed by atoms with Crippen molar-refractivity contribution < 1.29 is 25.8 Å². The Bertz CT molecular complexity index is 2620. The van der Waals surface area contributed by atoms with E-state index < -0.39 is 0 Å². The van der Waals surface area contributed by atoms with Gasteiger partial charge in [0, 0.05) is 27.1 Å². The van der Waals surface area contributed by atoms with Gasteiger partial charge < -0.3 is 13.9 Å². The molecule has 0 saturated heterocycles. The quantitative estimate of drug-likeness (QED) is 0.163. The van der Waals surface area contributed by atoms with Crippen LogP contribution in [0.5, 0.6) is 5.75 Å². The number of ether oxygens (including phenoxy) is 1. The van der Waals surface area contributed by atoms with E-state index in [0.29, 0.717) is 0 Å². The number of benzene rings is 6. The second kappa shape index (κ2) is 12.0. The van der Waals surface area contributed by atoms with Gasteiger partial charge in [-0.3, -0.25) is 0 Å². The number of nitrogens with zero attached hydrogens (tertiary/aromatic N) is 3. The maximum absolute atomic E-state index is 5.61. The number of rotatable bonds is 5. The molecule has 0 aliphatic rings. The van der Waals surface area contributed by atoms with Gasteiger partial charge in [-0.05, 0) is 42.4 Å². The van der Waals surface area contributed by atoms with Crippen molar-refractivity contribution in [3.05, 3.63) is 157 Å². The van der Waals surface area contributed by atoms with Crippen molar-refractivity contribution in [1.82, 2.24) is 14.1 Å². The normalized spacial score (nSPS) is 11.4. The van der Waals surface area contributed by atoms with Gasteiger partial charge in [-0.1, -0.05) is 89.6 Å². The summed E-state index contributed by atoms with van der Waals surface area (Å²) in [7, 11) is 1.71. The van der Waals surface area contributed by atoms with Gasteiger partial charge >= 0.3 is 21.1 Å². The van der Waals surface area contributed by atoms with Gasteiger partial charge in [-0.15, -0.1) is 35.9 Å². The number of aryl methyl sites for hydroxylation is 1. The molecule has 0 bridgehead atoms. The summed E-state index contributed by atoms with van der Waals surface area (Å²) < 4.78 is 10.1. The minimum Gasteiger partial charge on any atom is -0.497 e. The molecule has 0 radical (unpaired) electrons. The first kappa shape index (κ1) is 29.9. The van der Waals surface area contributed by atoms with E-state index in [1.165, 1.54) is 11.1 Å². The Kier molecular flexibility index (Phi) is 7.47. The van der Waals surface area contributed by atoms with Crippen molar-refractivity contribution in [3.63, 3.8) is 0 Å². The van der Waals surface area contributed by atoms with Crippen LogP contribution in [-0.4, -0.2) is 21.2 Å². The third kappa shape index (κ3) is 4.59. The maximum atomic E-state index is 5.61. The van der Waals surface area contributed by atoms with Gasteiger partial charge in [0.1, 0.15) is 17.0 Å². The fourth-order valence-electron chi connectivity index (χ4n) is 7.06. The van der Waals surface area contributed by atoms with Crippen LogP contribution < -0.4 is 4.74 Å². The molecule has 4 nitrogen and oxygen atoms in total. The standard InChI is InChI=1S/C43H29N3O.Pt/c1-28-13-6-7-18-34(28)30-14-12-17-32(27-30)46-38-22-11-9-20-36(38)41-39(29-23-25-33(47-2)26-24-29)40-35-19-8-10-21-37(35)45(42(40)44-43(41)46)31-15-4-3-5-16-31;/h3-15,17-26H,1-2H3;/q-2;+2. The molecule has 9 aromatic rings. The van der Waals surface area contributed by atoms with Gasteiger partial charge in [0.25, 0.3) is 0 Å². The van der Waals surface area contributed by atoms with E-state index in [2.05, 4.69) is 143 Å². The Labute approximate surface area is 293 Å². The summed E-state index contributed by atoms with van der Waals surface area (Å²) in [5, 5.41) is 4.49. The van der Waals surface area contributed by atoms with Gasteiger partial charge in [-0.2, -0.15) is 24.3 Å². The van der Waals surface area contributed by atoms with E-state index in [-0.39, 0.29) is 21.1 Å². The van der Waals surface area contributed by atoms with Crippen molar-refractivity contribution in [2.24, 2.45) is 0 Å². The second-order valence-electron chi connectivity index (χ2n) is 11.8. The Hall–Kier alpha value is -5.44. The molecular weight excluding hydrogens is 770 g/mol. The summed E-state index contributed by atoms with van der Waals surface area (Å²) >= 11 is 0. The molecule has 232 valence electrons. The van der Waals surface area contributed by atoms with Crippen LogP contribution >= 0.6 is 0 Å². The summed E-state index contributed by atoms with van der Waals surface area (Å²) in [6.07, 6.45) is 0. The zero-order valence-corrected chi connectivity index (χ0v) is 28.6. The van der Waals surface area contributed by atoms with Gasteiger partial charge in [0.2, 0.25) is 0 Å². The average Bonchev–Trinajstić information content (AvgIpc) is 3.64. The zero-order chi connectivity index (χ0) is 31.5. The summed E-state index contributed by atoms with van der Waals surface area (Å²) in [4.78, 5) is 5.61. The van der Waals surface area contributed by atoms with E-state index in [1.54, 1.807) is 7.11 Å². The summed E-state index contributed by atoms with van der Waals surface area (Å²) in [6.45, 7) is 2.15. The molecule has 0 spiro atoms. The summed E-state index contributed by atoms with van der Waals surface area (Å²) in [5.41, 5.74) is 11.5. The zero-order valence-electron chi connectivity index (χ0n) is 26.3. The van der Waals surface area contributed by atoms with Gasteiger partial charge in [0.15, 0.2) is 0 Å². The number of aromatic nitrogens is 3. The molecule has 0 saturated carbocycles. The van der Waals surface area contributed by atoms with Crippen molar-refractivity contribution >= 4 is 43.9 Å². The number of pyridine rings is 1. The number of hydrogen-bond donors (Lipinski definition) is 0. The number of hydrogen-bond acceptors (Lipinski definition) is 2. The molecule has 0 atom stereocenters. The van der Waals surface area contributed by atoms with Crippen LogP contribution in [0.25, 0.3) is 77.5 Å². The third-order valence-corrected chi connectivity index (χ3v) is 9.18. The SMILES string of the molecule is COc1ccc(-c2c3c4ccccc4n(-c4[c-]cccc4)c3nc3c2c2ccccc2n3-c2[c-]c(-c3ccccc3C)ccc2)cc1.[Pt+2]. The molecule has 0 aliphatic carbocycles. The van der Waals surface area contributed by atoms with E-state index in [0.717, 1.165) is 77.7 Å². The third-order valence-electron chi connectivity index (χ3n) is 9.18. The molecular formula is C43H29N3OPt. The maximum Gasteiger partial charge on any atom is 2.00 e. The first-order valence-corrected chi connectivity index (χ1v) is 15.8. The van der Waals surface area contributed by atoms with Crippen LogP contribution in [0.1, 0.15) is 5.56 Å². The van der Waals surface area contributed by atoms with Crippen molar-refractivity contribution in [1.29, 1.82) is 0 Å². The van der Waals surface area contributed by atoms with Crippen LogP contribution in [0.2, 0.25) is 0 Å². The van der Waals surface area contributed by atoms with Crippen LogP contribution in [0, 0.1) is 19.1 Å². The molecule has 9 rings (SSSR count). The molecule has 6 aromatic carbocycles. The van der Waals surface area contributed by atoms with Crippen LogP contribution in [-0.2, 0) is 21.1 Å². The van der Waals surface area contributed by atoms with Crippen LogP contribution in [0.15, 0.2) is 140 Å². The second-order valence-corrected chi connectivity index (χ2v) is 11.8. The Morgan fingerprint density at radius 3 is 1.85 bits per heavy atom.